The third-order valence-electron chi connectivity index (χ3n) is 2.97. The van der Waals surface area contributed by atoms with Crippen molar-refractivity contribution >= 4 is 11.6 Å². The van der Waals surface area contributed by atoms with E-state index >= 15 is 0 Å². The first-order valence-corrected chi connectivity index (χ1v) is 6.66. The Hall–Kier alpha value is -0.570. The van der Waals surface area contributed by atoms with Crippen molar-refractivity contribution in [3.63, 3.8) is 0 Å². The first-order chi connectivity index (χ1) is 8.15. The minimum Gasteiger partial charge on any atom is -0.330 e. The molecule has 1 rings (SSSR count). The van der Waals surface area contributed by atoms with Gasteiger partial charge in [-0.2, -0.15) is 0 Å². The molecule has 0 spiro atoms. The molecule has 1 unspecified atom stereocenters. The van der Waals surface area contributed by atoms with Crippen molar-refractivity contribution in [1.82, 2.24) is 4.90 Å². The summed E-state index contributed by atoms with van der Waals surface area (Å²) in [6.07, 6.45) is 2.41. The Labute approximate surface area is 110 Å². The van der Waals surface area contributed by atoms with Gasteiger partial charge in [0, 0.05) is 18.1 Å². The zero-order chi connectivity index (χ0) is 12.7. The SMILES string of the molecule is CCCC(CN)CN(C)Cc1ccc(Cl)cc1. The molecule has 0 aliphatic heterocycles. The van der Waals surface area contributed by atoms with E-state index in [2.05, 4.69) is 31.0 Å². The van der Waals surface area contributed by atoms with Crippen molar-refractivity contribution < 1.29 is 0 Å². The van der Waals surface area contributed by atoms with E-state index in [1.807, 2.05) is 12.1 Å². The lowest BCUT2D eigenvalue weighted by atomic mass is 10.0. The Morgan fingerprint density at radius 2 is 1.94 bits per heavy atom. The quantitative estimate of drug-likeness (QED) is 0.810. The van der Waals surface area contributed by atoms with E-state index in [-0.39, 0.29) is 0 Å². The molecule has 0 amide bonds. The predicted molar refractivity (Wildman–Crippen MR) is 75.2 cm³/mol. The summed E-state index contributed by atoms with van der Waals surface area (Å²) in [7, 11) is 2.15. The Morgan fingerprint density at radius 3 is 2.47 bits per heavy atom. The minimum absolute atomic E-state index is 0.609. The molecule has 3 heteroatoms. The summed E-state index contributed by atoms with van der Waals surface area (Å²) in [5.74, 6) is 0.609. The molecule has 0 aliphatic carbocycles. The second-order valence-electron chi connectivity index (χ2n) is 4.71. The molecule has 0 fully saturated rings. The van der Waals surface area contributed by atoms with Crippen molar-refractivity contribution in [2.24, 2.45) is 11.7 Å². The number of hydrogen-bond donors (Lipinski definition) is 1. The van der Waals surface area contributed by atoms with Gasteiger partial charge in [-0.25, -0.2) is 0 Å². The summed E-state index contributed by atoms with van der Waals surface area (Å²) in [6.45, 7) is 5.00. The van der Waals surface area contributed by atoms with E-state index in [1.165, 1.54) is 18.4 Å². The van der Waals surface area contributed by atoms with Crippen LogP contribution in [-0.2, 0) is 6.54 Å². The Kier molecular flexibility index (Phi) is 6.56. The van der Waals surface area contributed by atoms with Crippen molar-refractivity contribution in [2.45, 2.75) is 26.3 Å². The number of nitrogens with zero attached hydrogens (tertiary/aromatic N) is 1. The third kappa shape index (κ3) is 5.53. The van der Waals surface area contributed by atoms with Gasteiger partial charge in [-0.05, 0) is 43.6 Å². The standard InChI is InChI=1S/C14H23ClN2/c1-3-4-13(9-16)11-17(2)10-12-5-7-14(15)8-6-12/h5-8,13H,3-4,9-11,16H2,1-2H3. The van der Waals surface area contributed by atoms with Gasteiger partial charge in [0.1, 0.15) is 0 Å². The van der Waals surface area contributed by atoms with E-state index in [0.29, 0.717) is 5.92 Å². The van der Waals surface area contributed by atoms with Gasteiger partial charge in [0.25, 0.3) is 0 Å². The van der Waals surface area contributed by atoms with Gasteiger partial charge in [0.15, 0.2) is 0 Å². The van der Waals surface area contributed by atoms with Gasteiger partial charge in [-0.3, -0.25) is 0 Å². The average Bonchev–Trinajstić information content (AvgIpc) is 2.31. The van der Waals surface area contributed by atoms with Gasteiger partial charge in [0.05, 0.1) is 0 Å². The van der Waals surface area contributed by atoms with Crippen LogP contribution in [0, 0.1) is 5.92 Å². The summed E-state index contributed by atoms with van der Waals surface area (Å²) in [5, 5.41) is 0.794. The third-order valence-corrected chi connectivity index (χ3v) is 3.22. The fourth-order valence-electron chi connectivity index (χ4n) is 2.10. The maximum absolute atomic E-state index is 5.87. The molecule has 0 saturated heterocycles. The summed E-state index contributed by atoms with van der Waals surface area (Å²) >= 11 is 5.87. The maximum Gasteiger partial charge on any atom is 0.0406 e. The lowest BCUT2D eigenvalue weighted by Crippen LogP contribution is -2.29. The Balaban J connectivity index is 2.42. The Bertz CT molecular complexity index is 311. The molecular formula is C14H23ClN2. The molecule has 0 radical (unpaired) electrons. The van der Waals surface area contributed by atoms with Gasteiger partial charge in [-0.15, -0.1) is 0 Å². The lowest BCUT2D eigenvalue weighted by molar-refractivity contribution is 0.263. The van der Waals surface area contributed by atoms with Crippen molar-refractivity contribution in [3.8, 4) is 0 Å². The highest BCUT2D eigenvalue weighted by Gasteiger charge is 2.09. The Morgan fingerprint density at radius 1 is 1.29 bits per heavy atom. The summed E-state index contributed by atoms with van der Waals surface area (Å²) < 4.78 is 0. The van der Waals surface area contributed by atoms with Gasteiger partial charge in [0.2, 0.25) is 0 Å². The van der Waals surface area contributed by atoms with Crippen LogP contribution in [0.4, 0.5) is 0 Å². The molecule has 0 saturated carbocycles. The first kappa shape index (κ1) is 14.5. The highest BCUT2D eigenvalue weighted by atomic mass is 35.5. The van der Waals surface area contributed by atoms with Crippen LogP contribution in [0.5, 0.6) is 0 Å². The summed E-state index contributed by atoms with van der Waals surface area (Å²) in [6, 6.07) is 8.04. The van der Waals surface area contributed by atoms with Crippen LogP contribution in [0.1, 0.15) is 25.3 Å². The topological polar surface area (TPSA) is 29.3 Å². The normalized spacial score (nSPS) is 13.0. The summed E-state index contributed by atoms with van der Waals surface area (Å²) in [4.78, 5) is 2.33. The minimum atomic E-state index is 0.609. The van der Waals surface area contributed by atoms with E-state index in [9.17, 15) is 0 Å². The monoisotopic (exact) mass is 254 g/mol. The molecule has 2 nitrogen and oxygen atoms in total. The van der Waals surface area contributed by atoms with Crippen LogP contribution in [0.15, 0.2) is 24.3 Å². The number of nitrogens with two attached hydrogens (primary N) is 1. The van der Waals surface area contributed by atoms with Gasteiger partial charge < -0.3 is 10.6 Å². The second kappa shape index (κ2) is 7.70. The molecule has 0 aliphatic rings. The maximum atomic E-state index is 5.87. The number of rotatable bonds is 7. The molecule has 1 aromatic rings. The highest BCUT2D eigenvalue weighted by molar-refractivity contribution is 6.30. The second-order valence-corrected chi connectivity index (χ2v) is 5.15. The molecule has 0 aromatic heterocycles. The highest BCUT2D eigenvalue weighted by Crippen LogP contribution is 2.12. The van der Waals surface area contributed by atoms with Crippen molar-refractivity contribution in [2.75, 3.05) is 20.1 Å². The van der Waals surface area contributed by atoms with E-state index in [0.717, 1.165) is 24.7 Å². The molecule has 2 N–H and O–H groups in total. The van der Waals surface area contributed by atoms with Crippen molar-refractivity contribution in [3.05, 3.63) is 34.9 Å². The van der Waals surface area contributed by atoms with Crippen LogP contribution in [0.25, 0.3) is 0 Å². The van der Waals surface area contributed by atoms with E-state index < -0.39 is 0 Å². The molecule has 17 heavy (non-hydrogen) atoms. The van der Waals surface area contributed by atoms with Crippen LogP contribution >= 0.6 is 11.6 Å². The first-order valence-electron chi connectivity index (χ1n) is 6.28. The average molecular weight is 255 g/mol. The molecular weight excluding hydrogens is 232 g/mol. The lowest BCUT2D eigenvalue weighted by Gasteiger charge is -2.22. The fourth-order valence-corrected chi connectivity index (χ4v) is 2.22. The number of benzene rings is 1. The molecule has 1 aromatic carbocycles. The largest absolute Gasteiger partial charge is 0.330 e. The zero-order valence-electron chi connectivity index (χ0n) is 10.8. The van der Waals surface area contributed by atoms with E-state index in [1.54, 1.807) is 0 Å². The van der Waals surface area contributed by atoms with Crippen LogP contribution in [0.3, 0.4) is 0 Å². The predicted octanol–water partition coefficient (Wildman–Crippen LogP) is 3.15. The summed E-state index contributed by atoms with van der Waals surface area (Å²) in [5.41, 5.74) is 7.07. The number of halogens is 1. The molecule has 1 atom stereocenters. The molecule has 0 bridgehead atoms. The van der Waals surface area contributed by atoms with Gasteiger partial charge >= 0.3 is 0 Å². The van der Waals surface area contributed by atoms with Crippen molar-refractivity contribution in [1.29, 1.82) is 0 Å². The fraction of sp³-hybridized carbons (Fsp3) is 0.571. The molecule has 96 valence electrons. The van der Waals surface area contributed by atoms with Gasteiger partial charge in [-0.1, -0.05) is 37.1 Å². The zero-order valence-corrected chi connectivity index (χ0v) is 11.6. The smallest absolute Gasteiger partial charge is 0.0406 e. The van der Waals surface area contributed by atoms with E-state index in [4.69, 9.17) is 17.3 Å². The molecule has 0 heterocycles. The van der Waals surface area contributed by atoms with Crippen LogP contribution < -0.4 is 5.73 Å². The number of hydrogen-bond acceptors (Lipinski definition) is 2. The van der Waals surface area contributed by atoms with Crippen LogP contribution in [0.2, 0.25) is 5.02 Å². The van der Waals surface area contributed by atoms with Crippen LogP contribution in [-0.4, -0.2) is 25.0 Å².